The molecule has 2 aromatic rings. The highest BCUT2D eigenvalue weighted by atomic mass is 35.5. The number of hydrogen-bond acceptors (Lipinski definition) is 2. The molecule has 0 spiro atoms. The van der Waals surface area contributed by atoms with Crippen LogP contribution < -0.4 is 10.6 Å². The first kappa shape index (κ1) is 17.3. The topological polar surface area (TPSA) is 61.4 Å². The summed E-state index contributed by atoms with van der Waals surface area (Å²) in [7, 11) is 0. The van der Waals surface area contributed by atoms with Gasteiger partial charge in [0.25, 0.3) is 0 Å². The molecule has 0 radical (unpaired) electrons. The van der Waals surface area contributed by atoms with Crippen molar-refractivity contribution in [3.05, 3.63) is 70.7 Å². The van der Waals surface area contributed by atoms with Crippen LogP contribution in [-0.2, 0) is 0 Å². The van der Waals surface area contributed by atoms with Crippen LogP contribution in [0, 0.1) is 0 Å². The maximum absolute atomic E-state index is 12.2. The highest BCUT2D eigenvalue weighted by molar-refractivity contribution is 6.30. The summed E-state index contributed by atoms with van der Waals surface area (Å²) in [6, 6.07) is 16.3. The van der Waals surface area contributed by atoms with Crippen LogP contribution in [0.1, 0.15) is 36.6 Å². The van der Waals surface area contributed by atoms with E-state index in [2.05, 4.69) is 10.6 Å². The summed E-state index contributed by atoms with van der Waals surface area (Å²) in [5, 5.41) is 15.7. The van der Waals surface area contributed by atoms with Crippen molar-refractivity contribution in [1.29, 1.82) is 0 Å². The predicted molar refractivity (Wildman–Crippen MR) is 92.4 cm³/mol. The molecule has 0 aromatic heterocycles. The quantitative estimate of drug-likeness (QED) is 0.753. The van der Waals surface area contributed by atoms with E-state index in [1.165, 1.54) is 0 Å². The van der Waals surface area contributed by atoms with E-state index < -0.39 is 0 Å². The highest BCUT2D eigenvalue weighted by Crippen LogP contribution is 2.18. The molecule has 0 saturated carbocycles. The van der Waals surface area contributed by atoms with E-state index in [9.17, 15) is 9.90 Å². The third-order valence-corrected chi connectivity index (χ3v) is 3.86. The number of urea groups is 1. The Morgan fingerprint density at radius 2 is 1.78 bits per heavy atom. The maximum atomic E-state index is 12.2. The molecule has 3 N–H and O–H groups in total. The Labute approximate surface area is 141 Å². The third kappa shape index (κ3) is 5.27. The molecule has 2 amide bonds. The lowest BCUT2D eigenvalue weighted by molar-refractivity contribution is 0.226. The molecule has 0 aliphatic rings. The normalized spacial score (nSPS) is 13.2. The largest absolute Gasteiger partial charge is 0.396 e. The Morgan fingerprint density at radius 3 is 2.43 bits per heavy atom. The monoisotopic (exact) mass is 332 g/mol. The molecule has 0 aliphatic heterocycles. The first-order chi connectivity index (χ1) is 11.1. The number of carbonyl (C=O) groups is 1. The molecule has 0 heterocycles. The van der Waals surface area contributed by atoms with Gasteiger partial charge >= 0.3 is 6.03 Å². The van der Waals surface area contributed by atoms with Gasteiger partial charge in [0.1, 0.15) is 0 Å². The van der Waals surface area contributed by atoms with E-state index in [4.69, 9.17) is 11.6 Å². The summed E-state index contributed by atoms with van der Waals surface area (Å²) in [6.07, 6.45) is 0.461. The number of aliphatic hydroxyl groups is 1. The number of benzene rings is 2. The van der Waals surface area contributed by atoms with Crippen LogP contribution in [-0.4, -0.2) is 17.7 Å². The number of rotatable bonds is 6. The van der Waals surface area contributed by atoms with Gasteiger partial charge in [0.15, 0.2) is 0 Å². The maximum Gasteiger partial charge on any atom is 0.315 e. The zero-order chi connectivity index (χ0) is 16.7. The van der Waals surface area contributed by atoms with Gasteiger partial charge in [0, 0.05) is 11.6 Å². The zero-order valence-corrected chi connectivity index (χ0v) is 13.8. The number of hydrogen-bond donors (Lipinski definition) is 3. The fourth-order valence-electron chi connectivity index (χ4n) is 2.39. The molecule has 2 atom stereocenters. The van der Waals surface area contributed by atoms with Gasteiger partial charge < -0.3 is 15.7 Å². The van der Waals surface area contributed by atoms with E-state index in [-0.39, 0.29) is 24.7 Å². The second-order valence-corrected chi connectivity index (χ2v) is 5.81. The fraction of sp³-hybridized carbons (Fsp3) is 0.278. The van der Waals surface area contributed by atoms with Crippen LogP contribution in [0.3, 0.4) is 0 Å². The molecule has 4 nitrogen and oxygen atoms in total. The molecule has 2 aromatic carbocycles. The number of nitrogens with one attached hydrogen (secondary N) is 2. The van der Waals surface area contributed by atoms with Gasteiger partial charge in [-0.2, -0.15) is 0 Å². The Morgan fingerprint density at radius 1 is 1.09 bits per heavy atom. The van der Waals surface area contributed by atoms with Crippen LogP contribution >= 0.6 is 11.6 Å². The van der Waals surface area contributed by atoms with Crippen molar-refractivity contribution in [1.82, 2.24) is 10.6 Å². The van der Waals surface area contributed by atoms with E-state index >= 15 is 0 Å². The van der Waals surface area contributed by atoms with Gasteiger partial charge in [-0.1, -0.05) is 54.1 Å². The van der Waals surface area contributed by atoms with Gasteiger partial charge in [0.2, 0.25) is 0 Å². The molecule has 0 fully saturated rings. The summed E-state index contributed by atoms with van der Waals surface area (Å²) in [4.78, 5) is 12.2. The molecule has 2 rings (SSSR count). The van der Waals surface area contributed by atoms with Gasteiger partial charge in [0.05, 0.1) is 12.1 Å². The van der Waals surface area contributed by atoms with Crippen molar-refractivity contribution in [2.45, 2.75) is 25.4 Å². The smallest absolute Gasteiger partial charge is 0.315 e. The van der Waals surface area contributed by atoms with Gasteiger partial charge in [-0.15, -0.1) is 0 Å². The van der Waals surface area contributed by atoms with Gasteiger partial charge in [-0.25, -0.2) is 4.79 Å². The summed E-state index contributed by atoms with van der Waals surface area (Å²) >= 11 is 5.97. The number of carbonyl (C=O) groups excluding carboxylic acids is 1. The lowest BCUT2D eigenvalue weighted by Crippen LogP contribution is -2.39. The summed E-state index contributed by atoms with van der Waals surface area (Å²) in [5.74, 6) is 0. The van der Waals surface area contributed by atoms with Crippen LogP contribution in [0.15, 0.2) is 54.6 Å². The van der Waals surface area contributed by atoms with Crippen molar-refractivity contribution >= 4 is 17.6 Å². The van der Waals surface area contributed by atoms with Crippen LogP contribution in [0.5, 0.6) is 0 Å². The number of aliphatic hydroxyl groups excluding tert-OH is 1. The van der Waals surface area contributed by atoms with Crippen LogP contribution in [0.25, 0.3) is 0 Å². The molecule has 5 heteroatoms. The lowest BCUT2D eigenvalue weighted by atomic mass is 10.0. The van der Waals surface area contributed by atoms with Crippen molar-refractivity contribution in [2.75, 3.05) is 6.61 Å². The Balaban J connectivity index is 1.99. The van der Waals surface area contributed by atoms with Crippen molar-refractivity contribution in [2.24, 2.45) is 0 Å². The predicted octanol–water partition coefficient (Wildman–Crippen LogP) is 3.82. The third-order valence-electron chi connectivity index (χ3n) is 3.62. The van der Waals surface area contributed by atoms with Crippen LogP contribution in [0.2, 0.25) is 5.02 Å². The molecule has 0 bridgehead atoms. The first-order valence-corrected chi connectivity index (χ1v) is 7.96. The second-order valence-electron chi connectivity index (χ2n) is 5.37. The minimum Gasteiger partial charge on any atom is -0.396 e. The molecule has 23 heavy (non-hydrogen) atoms. The summed E-state index contributed by atoms with van der Waals surface area (Å²) in [5.41, 5.74) is 1.90. The molecular formula is C18H21ClN2O2. The molecule has 0 aliphatic carbocycles. The highest BCUT2D eigenvalue weighted by Gasteiger charge is 2.16. The Hall–Kier alpha value is -2.04. The SMILES string of the molecule is CC(NC(=O)N[C@H](CCO)c1ccccc1)c1cccc(Cl)c1. The van der Waals surface area contributed by atoms with Crippen molar-refractivity contribution in [3.63, 3.8) is 0 Å². The fourth-order valence-corrected chi connectivity index (χ4v) is 2.59. The number of halogens is 1. The summed E-state index contributed by atoms with van der Waals surface area (Å²) in [6.45, 7) is 1.90. The van der Waals surface area contributed by atoms with E-state index in [0.717, 1.165) is 11.1 Å². The van der Waals surface area contributed by atoms with Gasteiger partial charge in [-0.3, -0.25) is 0 Å². The molecule has 122 valence electrons. The Kier molecular flexibility index (Phi) is 6.44. The number of amides is 2. The van der Waals surface area contributed by atoms with Crippen molar-refractivity contribution in [3.8, 4) is 0 Å². The lowest BCUT2D eigenvalue weighted by Gasteiger charge is -2.21. The first-order valence-electron chi connectivity index (χ1n) is 7.58. The summed E-state index contributed by atoms with van der Waals surface area (Å²) < 4.78 is 0. The minimum absolute atomic E-state index is 0.00366. The van der Waals surface area contributed by atoms with Crippen molar-refractivity contribution < 1.29 is 9.90 Å². The van der Waals surface area contributed by atoms with Crippen LogP contribution in [0.4, 0.5) is 4.79 Å². The standard InChI is InChI=1S/C18H21ClN2O2/c1-13(15-8-5-9-16(19)12-15)20-18(23)21-17(10-11-22)14-6-3-2-4-7-14/h2-9,12-13,17,22H,10-11H2,1H3,(H2,20,21,23)/t13?,17-/m1/s1. The van der Waals surface area contributed by atoms with E-state index in [1.807, 2.05) is 55.5 Å². The van der Waals surface area contributed by atoms with Gasteiger partial charge in [-0.05, 0) is 36.6 Å². The second kappa shape index (κ2) is 8.56. The molecule has 1 unspecified atom stereocenters. The minimum atomic E-state index is -0.278. The molecule has 0 saturated heterocycles. The molecular weight excluding hydrogens is 312 g/mol. The van der Waals surface area contributed by atoms with E-state index in [1.54, 1.807) is 6.07 Å². The Bertz CT molecular complexity index is 634. The average Bonchev–Trinajstić information content (AvgIpc) is 2.55. The van der Waals surface area contributed by atoms with E-state index in [0.29, 0.717) is 11.4 Å². The average molecular weight is 333 g/mol. The zero-order valence-electron chi connectivity index (χ0n) is 13.0.